The minimum absolute atomic E-state index is 0.0493. The van der Waals surface area contributed by atoms with Crippen LogP contribution >= 0.6 is 11.6 Å². The lowest BCUT2D eigenvalue weighted by Crippen LogP contribution is -2.50. The van der Waals surface area contributed by atoms with Gasteiger partial charge in [0.05, 0.1) is 23.1 Å². The molecule has 0 aliphatic carbocycles. The highest BCUT2D eigenvalue weighted by molar-refractivity contribution is 7.89. The Morgan fingerprint density at radius 3 is 2.47 bits per heavy atom. The number of carbonyl (C=O) groups is 1. The van der Waals surface area contributed by atoms with Gasteiger partial charge in [0.1, 0.15) is 11.8 Å². The van der Waals surface area contributed by atoms with Gasteiger partial charge in [0.15, 0.2) is 0 Å². The van der Waals surface area contributed by atoms with Crippen molar-refractivity contribution in [1.29, 1.82) is 0 Å². The predicted octanol–water partition coefficient (Wildman–Crippen LogP) is 2.78. The van der Waals surface area contributed by atoms with E-state index < -0.39 is 22.0 Å². The second-order valence-electron chi connectivity index (χ2n) is 6.75. The minimum Gasteiger partial charge on any atom is -0.492 e. The molecule has 2 aromatic rings. The minimum atomic E-state index is -4.01. The summed E-state index contributed by atoms with van der Waals surface area (Å²) in [5, 5.41) is 2.95. The molecule has 9 heteroatoms. The number of methoxy groups -OCH3 is 1. The molecule has 0 saturated heterocycles. The Morgan fingerprint density at radius 1 is 1.17 bits per heavy atom. The lowest BCUT2D eigenvalue weighted by atomic mass is 10.1. The number of halogens is 1. The number of rotatable bonds is 11. The van der Waals surface area contributed by atoms with E-state index in [0.717, 1.165) is 5.56 Å². The SMILES string of the molecule is CCOc1ccc(S(=O)(=O)N[C@H](Cc2ccccc2)C(=O)N[C@@H](C)COC)cc1Cl. The van der Waals surface area contributed by atoms with E-state index in [4.69, 9.17) is 21.1 Å². The molecule has 0 saturated carbocycles. The van der Waals surface area contributed by atoms with Crippen molar-refractivity contribution in [3.05, 3.63) is 59.1 Å². The van der Waals surface area contributed by atoms with Gasteiger partial charge in [-0.05, 0) is 44.0 Å². The fraction of sp³-hybridized carbons (Fsp3) is 0.381. The monoisotopic (exact) mass is 454 g/mol. The Morgan fingerprint density at radius 2 is 1.87 bits per heavy atom. The molecule has 0 fully saturated rings. The molecule has 2 atom stereocenters. The molecule has 0 unspecified atom stereocenters. The quantitative estimate of drug-likeness (QED) is 0.544. The smallest absolute Gasteiger partial charge is 0.241 e. The first kappa shape index (κ1) is 24.1. The maximum Gasteiger partial charge on any atom is 0.241 e. The van der Waals surface area contributed by atoms with Crippen LogP contribution in [0.5, 0.6) is 5.75 Å². The number of ether oxygens (including phenoxy) is 2. The molecule has 2 aromatic carbocycles. The maximum atomic E-state index is 13.0. The fourth-order valence-corrected chi connectivity index (χ4v) is 4.37. The highest BCUT2D eigenvalue weighted by atomic mass is 35.5. The van der Waals surface area contributed by atoms with Crippen molar-refractivity contribution in [2.45, 2.75) is 37.2 Å². The normalized spacial score (nSPS) is 13.5. The van der Waals surface area contributed by atoms with Gasteiger partial charge < -0.3 is 14.8 Å². The van der Waals surface area contributed by atoms with Gasteiger partial charge >= 0.3 is 0 Å². The Labute approximate surface area is 182 Å². The molecule has 0 aliphatic rings. The summed E-state index contributed by atoms with van der Waals surface area (Å²) in [5.41, 5.74) is 0.824. The van der Waals surface area contributed by atoms with Gasteiger partial charge in [-0.25, -0.2) is 8.42 Å². The molecule has 0 spiro atoms. The van der Waals surface area contributed by atoms with Gasteiger partial charge in [0, 0.05) is 13.2 Å². The van der Waals surface area contributed by atoms with Crippen LogP contribution in [-0.2, 0) is 26.0 Å². The molecule has 0 bridgehead atoms. The van der Waals surface area contributed by atoms with Gasteiger partial charge in [-0.1, -0.05) is 41.9 Å². The van der Waals surface area contributed by atoms with Gasteiger partial charge in [-0.2, -0.15) is 4.72 Å². The molecular formula is C21H27ClN2O5S. The molecule has 0 radical (unpaired) electrons. The standard InChI is InChI=1S/C21H27ClN2O5S/c1-4-29-20-11-10-17(13-18(20)22)30(26,27)24-19(12-16-8-6-5-7-9-16)21(25)23-15(2)14-28-3/h5-11,13,15,19,24H,4,12,14H2,1-3H3,(H,23,25)/t15-,19+/m0/s1. The van der Waals surface area contributed by atoms with Crippen molar-refractivity contribution >= 4 is 27.5 Å². The molecule has 30 heavy (non-hydrogen) atoms. The fourth-order valence-electron chi connectivity index (χ4n) is 2.85. The Balaban J connectivity index is 2.26. The number of nitrogens with one attached hydrogen (secondary N) is 2. The van der Waals surface area contributed by atoms with Crippen molar-refractivity contribution in [1.82, 2.24) is 10.0 Å². The lowest BCUT2D eigenvalue weighted by molar-refractivity contribution is -0.123. The molecule has 7 nitrogen and oxygen atoms in total. The van der Waals surface area contributed by atoms with Crippen molar-refractivity contribution < 1.29 is 22.7 Å². The summed E-state index contributed by atoms with van der Waals surface area (Å²) >= 11 is 6.14. The lowest BCUT2D eigenvalue weighted by Gasteiger charge is -2.21. The van der Waals surface area contributed by atoms with Crippen LogP contribution in [0.4, 0.5) is 0 Å². The number of sulfonamides is 1. The van der Waals surface area contributed by atoms with Crippen LogP contribution in [0.3, 0.4) is 0 Å². The molecule has 1 amide bonds. The highest BCUT2D eigenvalue weighted by Crippen LogP contribution is 2.27. The maximum absolute atomic E-state index is 13.0. The van der Waals surface area contributed by atoms with Gasteiger partial charge in [0.25, 0.3) is 0 Å². The summed E-state index contributed by atoms with van der Waals surface area (Å²) in [6.45, 7) is 4.30. The van der Waals surface area contributed by atoms with Crippen molar-refractivity contribution in [2.75, 3.05) is 20.3 Å². The number of hydrogen-bond acceptors (Lipinski definition) is 5. The van der Waals surface area contributed by atoms with Crippen LogP contribution in [0.15, 0.2) is 53.4 Å². The second-order valence-corrected chi connectivity index (χ2v) is 8.87. The van der Waals surface area contributed by atoms with E-state index in [1.165, 1.54) is 25.3 Å². The Bertz CT molecular complexity index is 938. The zero-order valence-corrected chi connectivity index (χ0v) is 18.8. The number of hydrogen-bond donors (Lipinski definition) is 2. The zero-order valence-electron chi connectivity index (χ0n) is 17.2. The molecule has 2 N–H and O–H groups in total. The van der Waals surface area contributed by atoms with Gasteiger partial charge in [0.2, 0.25) is 15.9 Å². The van der Waals surface area contributed by atoms with E-state index in [9.17, 15) is 13.2 Å². The average molecular weight is 455 g/mol. The number of benzene rings is 2. The summed E-state index contributed by atoms with van der Waals surface area (Å²) in [6, 6.07) is 12.1. The molecule has 164 valence electrons. The second kappa shape index (κ2) is 11.3. The first-order valence-electron chi connectivity index (χ1n) is 9.54. The van der Waals surface area contributed by atoms with Crippen LogP contribution in [0.1, 0.15) is 19.4 Å². The summed E-state index contributed by atoms with van der Waals surface area (Å²) in [6.07, 6.45) is 0.191. The summed E-state index contributed by atoms with van der Waals surface area (Å²) in [7, 11) is -2.48. The average Bonchev–Trinajstić information content (AvgIpc) is 2.70. The van der Waals surface area contributed by atoms with Crippen LogP contribution in [0, 0.1) is 0 Å². The Hall–Kier alpha value is -2.13. The summed E-state index contributed by atoms with van der Waals surface area (Å²) in [5.74, 6) is -0.0471. The van der Waals surface area contributed by atoms with E-state index in [1.807, 2.05) is 30.3 Å². The molecule has 0 heterocycles. The molecular weight excluding hydrogens is 428 g/mol. The molecule has 0 aliphatic heterocycles. The highest BCUT2D eigenvalue weighted by Gasteiger charge is 2.27. The predicted molar refractivity (Wildman–Crippen MR) is 116 cm³/mol. The summed E-state index contributed by atoms with van der Waals surface area (Å²) in [4.78, 5) is 12.8. The van der Waals surface area contributed by atoms with E-state index in [1.54, 1.807) is 13.8 Å². The van der Waals surface area contributed by atoms with E-state index in [-0.39, 0.29) is 22.4 Å². The van der Waals surface area contributed by atoms with E-state index in [2.05, 4.69) is 10.0 Å². The largest absolute Gasteiger partial charge is 0.492 e. The van der Waals surface area contributed by atoms with E-state index >= 15 is 0 Å². The number of amides is 1. The Kier molecular flexibility index (Phi) is 9.10. The third-order valence-corrected chi connectivity index (χ3v) is 5.98. The third kappa shape index (κ3) is 6.98. The van der Waals surface area contributed by atoms with Crippen LogP contribution in [-0.4, -0.2) is 46.7 Å². The zero-order chi connectivity index (χ0) is 22.1. The van der Waals surface area contributed by atoms with Crippen LogP contribution < -0.4 is 14.8 Å². The van der Waals surface area contributed by atoms with Gasteiger partial charge in [-0.15, -0.1) is 0 Å². The number of carbonyl (C=O) groups excluding carboxylic acids is 1. The first-order valence-corrected chi connectivity index (χ1v) is 11.4. The van der Waals surface area contributed by atoms with Gasteiger partial charge in [-0.3, -0.25) is 4.79 Å². The van der Waals surface area contributed by atoms with Crippen molar-refractivity contribution in [3.63, 3.8) is 0 Å². The van der Waals surface area contributed by atoms with E-state index in [0.29, 0.717) is 19.0 Å². The molecule has 0 aromatic heterocycles. The molecule has 2 rings (SSSR count). The van der Waals surface area contributed by atoms with Crippen molar-refractivity contribution in [3.8, 4) is 5.75 Å². The third-order valence-electron chi connectivity index (χ3n) is 4.22. The van der Waals surface area contributed by atoms with Crippen LogP contribution in [0.2, 0.25) is 5.02 Å². The summed E-state index contributed by atoms with van der Waals surface area (Å²) < 4.78 is 38.8. The first-order chi connectivity index (χ1) is 14.3. The van der Waals surface area contributed by atoms with Crippen LogP contribution in [0.25, 0.3) is 0 Å². The topological polar surface area (TPSA) is 93.7 Å². The van der Waals surface area contributed by atoms with Crippen molar-refractivity contribution in [2.24, 2.45) is 0 Å².